The Hall–Kier alpha value is -2.14. The normalized spacial score (nSPS) is 9.81. The summed E-state index contributed by atoms with van der Waals surface area (Å²) in [7, 11) is 0. The fraction of sp³-hybridized carbons (Fsp3) is 0.0714. The number of aryl methyl sites for hydroxylation is 1. The first-order valence-corrected chi connectivity index (χ1v) is 4.98. The van der Waals surface area contributed by atoms with Crippen molar-refractivity contribution in [2.45, 2.75) is 6.92 Å². The van der Waals surface area contributed by atoms with Crippen LogP contribution >= 0.6 is 0 Å². The first-order valence-electron chi connectivity index (χ1n) is 4.98. The van der Waals surface area contributed by atoms with Gasteiger partial charge in [0.2, 0.25) is 0 Å². The standard InChI is InChI=1S/C14H10FN/c1-10-6-7-12(11(8-10)9-16)13-4-2-3-5-14(13)15/h2-8H,1H3. The zero-order valence-electron chi connectivity index (χ0n) is 8.87. The third-order valence-corrected chi connectivity index (χ3v) is 2.46. The molecule has 0 heterocycles. The third kappa shape index (κ3) is 1.80. The maximum Gasteiger partial charge on any atom is 0.131 e. The molecule has 0 saturated heterocycles. The highest BCUT2D eigenvalue weighted by Gasteiger charge is 2.08. The lowest BCUT2D eigenvalue weighted by molar-refractivity contribution is 0.631. The molecule has 0 N–H and O–H groups in total. The Morgan fingerprint density at radius 1 is 1.06 bits per heavy atom. The first kappa shape index (κ1) is 10.4. The first-order chi connectivity index (χ1) is 7.72. The van der Waals surface area contributed by atoms with Gasteiger partial charge in [0, 0.05) is 11.1 Å². The van der Waals surface area contributed by atoms with Crippen molar-refractivity contribution in [2.75, 3.05) is 0 Å². The Morgan fingerprint density at radius 2 is 1.81 bits per heavy atom. The summed E-state index contributed by atoms with van der Waals surface area (Å²) in [5.41, 5.74) is 2.62. The largest absolute Gasteiger partial charge is 0.206 e. The number of hydrogen-bond donors (Lipinski definition) is 0. The quantitative estimate of drug-likeness (QED) is 0.706. The molecule has 0 saturated carbocycles. The molecule has 2 rings (SSSR count). The van der Waals surface area contributed by atoms with Crippen molar-refractivity contribution in [1.82, 2.24) is 0 Å². The van der Waals surface area contributed by atoms with Crippen LogP contribution < -0.4 is 0 Å². The van der Waals surface area contributed by atoms with E-state index in [2.05, 4.69) is 6.07 Å². The molecule has 2 aromatic carbocycles. The van der Waals surface area contributed by atoms with Gasteiger partial charge in [0.25, 0.3) is 0 Å². The van der Waals surface area contributed by atoms with Crippen molar-refractivity contribution >= 4 is 0 Å². The van der Waals surface area contributed by atoms with Crippen molar-refractivity contribution in [2.24, 2.45) is 0 Å². The van der Waals surface area contributed by atoms with E-state index in [0.717, 1.165) is 5.56 Å². The molecular formula is C14H10FN. The molecule has 78 valence electrons. The molecule has 0 atom stereocenters. The van der Waals surface area contributed by atoms with E-state index in [1.165, 1.54) is 6.07 Å². The van der Waals surface area contributed by atoms with Crippen LogP contribution in [0.3, 0.4) is 0 Å². The molecule has 0 aliphatic carbocycles. The molecule has 2 aromatic rings. The van der Waals surface area contributed by atoms with Gasteiger partial charge in [0.15, 0.2) is 0 Å². The summed E-state index contributed by atoms with van der Waals surface area (Å²) in [5.74, 6) is -0.303. The van der Waals surface area contributed by atoms with Crippen LogP contribution in [0, 0.1) is 24.1 Å². The average molecular weight is 211 g/mol. The van der Waals surface area contributed by atoms with Gasteiger partial charge in [0.1, 0.15) is 5.82 Å². The van der Waals surface area contributed by atoms with Crippen LogP contribution in [0.5, 0.6) is 0 Å². The van der Waals surface area contributed by atoms with Gasteiger partial charge in [-0.2, -0.15) is 5.26 Å². The Bertz CT molecular complexity index is 567. The lowest BCUT2D eigenvalue weighted by Crippen LogP contribution is -1.88. The molecule has 1 nitrogen and oxygen atoms in total. The molecule has 0 aliphatic rings. The maximum absolute atomic E-state index is 13.6. The summed E-state index contributed by atoms with van der Waals surface area (Å²) in [6.45, 7) is 1.91. The van der Waals surface area contributed by atoms with Crippen molar-refractivity contribution in [3.63, 3.8) is 0 Å². The van der Waals surface area contributed by atoms with E-state index in [0.29, 0.717) is 16.7 Å². The van der Waals surface area contributed by atoms with Gasteiger partial charge in [-0.25, -0.2) is 4.39 Å². The van der Waals surface area contributed by atoms with Gasteiger partial charge in [-0.05, 0) is 24.6 Å². The molecular weight excluding hydrogens is 201 g/mol. The minimum absolute atomic E-state index is 0.303. The number of nitrogens with zero attached hydrogens (tertiary/aromatic N) is 1. The van der Waals surface area contributed by atoms with Gasteiger partial charge in [-0.1, -0.05) is 30.3 Å². The molecule has 16 heavy (non-hydrogen) atoms. The van der Waals surface area contributed by atoms with Crippen molar-refractivity contribution in [1.29, 1.82) is 5.26 Å². The van der Waals surface area contributed by atoms with Crippen LogP contribution in [0.15, 0.2) is 42.5 Å². The second kappa shape index (κ2) is 4.16. The van der Waals surface area contributed by atoms with Crippen molar-refractivity contribution < 1.29 is 4.39 Å². The average Bonchev–Trinajstić information content (AvgIpc) is 2.30. The van der Waals surface area contributed by atoms with Gasteiger partial charge in [-0.3, -0.25) is 0 Å². The number of hydrogen-bond acceptors (Lipinski definition) is 1. The molecule has 0 amide bonds. The zero-order valence-corrected chi connectivity index (χ0v) is 8.87. The lowest BCUT2D eigenvalue weighted by atomic mass is 9.98. The zero-order chi connectivity index (χ0) is 11.5. The molecule has 0 fully saturated rings. The highest BCUT2D eigenvalue weighted by atomic mass is 19.1. The van der Waals surface area contributed by atoms with E-state index >= 15 is 0 Å². The van der Waals surface area contributed by atoms with E-state index in [-0.39, 0.29) is 5.82 Å². The lowest BCUT2D eigenvalue weighted by Gasteiger charge is -2.06. The second-order valence-corrected chi connectivity index (χ2v) is 3.64. The minimum Gasteiger partial charge on any atom is -0.206 e. The Labute approximate surface area is 93.8 Å². The highest BCUT2D eigenvalue weighted by Crippen LogP contribution is 2.26. The van der Waals surface area contributed by atoms with Gasteiger partial charge in [0.05, 0.1) is 11.6 Å². The number of rotatable bonds is 1. The number of benzene rings is 2. The van der Waals surface area contributed by atoms with Gasteiger partial charge in [-0.15, -0.1) is 0 Å². The molecule has 0 bridgehead atoms. The van der Waals surface area contributed by atoms with Crippen LogP contribution in [0.4, 0.5) is 4.39 Å². The van der Waals surface area contributed by atoms with E-state index in [1.54, 1.807) is 30.3 Å². The van der Waals surface area contributed by atoms with Crippen LogP contribution in [0.2, 0.25) is 0 Å². The molecule has 0 aromatic heterocycles. The van der Waals surface area contributed by atoms with Gasteiger partial charge >= 0.3 is 0 Å². The van der Waals surface area contributed by atoms with E-state index in [9.17, 15) is 4.39 Å². The van der Waals surface area contributed by atoms with Crippen LogP contribution in [-0.4, -0.2) is 0 Å². The smallest absolute Gasteiger partial charge is 0.131 e. The second-order valence-electron chi connectivity index (χ2n) is 3.64. The fourth-order valence-corrected chi connectivity index (χ4v) is 1.67. The summed E-state index contributed by atoms with van der Waals surface area (Å²) < 4.78 is 13.6. The van der Waals surface area contributed by atoms with Crippen LogP contribution in [0.25, 0.3) is 11.1 Å². The summed E-state index contributed by atoms with van der Waals surface area (Å²) >= 11 is 0. The summed E-state index contributed by atoms with van der Waals surface area (Å²) in [6, 6.07) is 14.0. The van der Waals surface area contributed by atoms with Crippen molar-refractivity contribution in [3.05, 3.63) is 59.4 Å². The Kier molecular flexibility index (Phi) is 2.70. The molecule has 0 aliphatic heterocycles. The monoisotopic (exact) mass is 211 g/mol. The minimum atomic E-state index is -0.303. The Balaban J connectivity index is 2.66. The molecule has 0 unspecified atom stereocenters. The topological polar surface area (TPSA) is 23.8 Å². The fourth-order valence-electron chi connectivity index (χ4n) is 1.67. The predicted molar refractivity (Wildman–Crippen MR) is 61.3 cm³/mol. The maximum atomic E-state index is 13.6. The Morgan fingerprint density at radius 3 is 2.50 bits per heavy atom. The summed E-state index contributed by atoms with van der Waals surface area (Å²) in [5, 5.41) is 9.02. The van der Waals surface area contributed by atoms with Gasteiger partial charge < -0.3 is 0 Å². The predicted octanol–water partition coefficient (Wildman–Crippen LogP) is 3.67. The van der Waals surface area contributed by atoms with E-state index in [1.807, 2.05) is 13.0 Å². The third-order valence-electron chi connectivity index (χ3n) is 2.46. The molecule has 0 spiro atoms. The number of halogens is 1. The SMILES string of the molecule is Cc1ccc(-c2ccccc2F)c(C#N)c1. The van der Waals surface area contributed by atoms with E-state index < -0.39 is 0 Å². The van der Waals surface area contributed by atoms with Crippen molar-refractivity contribution in [3.8, 4) is 17.2 Å². The molecule has 0 radical (unpaired) electrons. The summed E-state index contributed by atoms with van der Waals surface area (Å²) in [4.78, 5) is 0. The summed E-state index contributed by atoms with van der Waals surface area (Å²) in [6.07, 6.45) is 0. The number of nitriles is 1. The molecule has 2 heteroatoms. The van der Waals surface area contributed by atoms with Crippen LogP contribution in [-0.2, 0) is 0 Å². The van der Waals surface area contributed by atoms with E-state index in [4.69, 9.17) is 5.26 Å². The van der Waals surface area contributed by atoms with Crippen LogP contribution in [0.1, 0.15) is 11.1 Å². The highest BCUT2D eigenvalue weighted by molar-refractivity contribution is 5.71.